The molecular weight excluding hydrogens is 338 g/mol. The number of thiophene rings is 1. The smallest absolute Gasteiger partial charge is 0.124 e. The summed E-state index contributed by atoms with van der Waals surface area (Å²) in [6.07, 6.45) is 4.34. The van der Waals surface area contributed by atoms with Crippen LogP contribution in [0, 0.1) is 0 Å². The van der Waals surface area contributed by atoms with E-state index in [2.05, 4.69) is 38.5 Å². The van der Waals surface area contributed by atoms with Crippen molar-refractivity contribution in [3.63, 3.8) is 0 Å². The van der Waals surface area contributed by atoms with Crippen molar-refractivity contribution in [2.24, 2.45) is 0 Å². The fourth-order valence-corrected chi connectivity index (χ4v) is 4.72. The lowest BCUT2D eigenvalue weighted by atomic mass is 10.2. The third kappa shape index (κ3) is 3.62. The zero-order valence-electron chi connectivity index (χ0n) is 13.5. The molecule has 0 aromatic carbocycles. The highest BCUT2D eigenvalue weighted by molar-refractivity contribution is 7.14. The van der Waals surface area contributed by atoms with E-state index in [4.69, 9.17) is 9.40 Å². The molecule has 0 aliphatic carbocycles. The summed E-state index contributed by atoms with van der Waals surface area (Å²) in [4.78, 5) is 7.25. The first-order valence-electron chi connectivity index (χ1n) is 8.35. The van der Waals surface area contributed by atoms with Crippen LogP contribution >= 0.6 is 22.7 Å². The standard InChI is InChI=1S/C18H21N3OS2/c1-2-7-21(6-1)16(17-4-3-8-22-17)11-19-10-15-13-24-18(20-15)14-5-9-23-12-14/h3-5,8-9,12-13,16,19H,1-2,6-7,10-11H2. The topological polar surface area (TPSA) is 41.3 Å². The Morgan fingerprint density at radius 2 is 2.17 bits per heavy atom. The number of nitrogens with zero attached hydrogens (tertiary/aromatic N) is 2. The maximum absolute atomic E-state index is 5.67. The van der Waals surface area contributed by atoms with Gasteiger partial charge in [0.2, 0.25) is 0 Å². The second-order valence-electron chi connectivity index (χ2n) is 6.06. The first-order valence-corrected chi connectivity index (χ1v) is 10.2. The number of thiazole rings is 1. The van der Waals surface area contributed by atoms with Gasteiger partial charge in [-0.25, -0.2) is 4.98 Å². The molecule has 1 atom stereocenters. The lowest BCUT2D eigenvalue weighted by molar-refractivity contribution is 0.209. The summed E-state index contributed by atoms with van der Waals surface area (Å²) in [5.41, 5.74) is 2.34. The van der Waals surface area contributed by atoms with Crippen LogP contribution in [0.3, 0.4) is 0 Å². The molecule has 1 saturated heterocycles. The van der Waals surface area contributed by atoms with Gasteiger partial charge in [0.25, 0.3) is 0 Å². The summed E-state index contributed by atoms with van der Waals surface area (Å²) >= 11 is 3.43. The van der Waals surface area contributed by atoms with E-state index >= 15 is 0 Å². The van der Waals surface area contributed by atoms with Gasteiger partial charge in [-0.3, -0.25) is 4.90 Å². The summed E-state index contributed by atoms with van der Waals surface area (Å²) in [5.74, 6) is 1.06. The van der Waals surface area contributed by atoms with Gasteiger partial charge >= 0.3 is 0 Å². The molecule has 4 heterocycles. The van der Waals surface area contributed by atoms with E-state index in [1.807, 2.05) is 6.07 Å². The molecule has 1 fully saturated rings. The average molecular weight is 360 g/mol. The Kier molecular flexibility index (Phi) is 5.08. The first kappa shape index (κ1) is 16.0. The van der Waals surface area contributed by atoms with Crippen LogP contribution in [0.5, 0.6) is 0 Å². The molecule has 126 valence electrons. The van der Waals surface area contributed by atoms with Gasteiger partial charge in [-0.2, -0.15) is 11.3 Å². The van der Waals surface area contributed by atoms with E-state index < -0.39 is 0 Å². The summed E-state index contributed by atoms with van der Waals surface area (Å²) in [5, 5.41) is 11.1. The van der Waals surface area contributed by atoms with Crippen molar-refractivity contribution >= 4 is 22.7 Å². The van der Waals surface area contributed by atoms with Crippen LogP contribution in [0.15, 0.2) is 45.0 Å². The average Bonchev–Trinajstić information content (AvgIpc) is 3.41. The van der Waals surface area contributed by atoms with Gasteiger partial charge in [-0.15, -0.1) is 11.3 Å². The van der Waals surface area contributed by atoms with Crippen molar-refractivity contribution in [3.05, 3.63) is 52.1 Å². The van der Waals surface area contributed by atoms with E-state index in [1.54, 1.807) is 28.9 Å². The second-order valence-corrected chi connectivity index (χ2v) is 7.70. The van der Waals surface area contributed by atoms with Crippen LogP contribution in [0.4, 0.5) is 0 Å². The quantitative estimate of drug-likeness (QED) is 0.679. The molecule has 3 aromatic heterocycles. The highest BCUT2D eigenvalue weighted by Gasteiger charge is 2.25. The Morgan fingerprint density at radius 3 is 2.92 bits per heavy atom. The van der Waals surface area contributed by atoms with Crippen LogP contribution in [0.25, 0.3) is 10.6 Å². The summed E-state index contributed by atoms with van der Waals surface area (Å²) in [7, 11) is 0. The third-order valence-electron chi connectivity index (χ3n) is 4.42. The SMILES string of the molecule is c1coc(C(CNCc2csc(-c3ccsc3)n2)N2CCCC2)c1. The summed E-state index contributed by atoms with van der Waals surface area (Å²) < 4.78 is 5.67. The van der Waals surface area contributed by atoms with Crippen LogP contribution in [-0.2, 0) is 6.54 Å². The molecule has 24 heavy (non-hydrogen) atoms. The normalized spacial score (nSPS) is 16.7. The molecule has 0 bridgehead atoms. The van der Waals surface area contributed by atoms with Gasteiger partial charge in [0, 0.05) is 29.4 Å². The fraction of sp³-hybridized carbons (Fsp3) is 0.389. The number of aromatic nitrogens is 1. The number of furan rings is 1. The van der Waals surface area contributed by atoms with Gasteiger partial charge in [0.15, 0.2) is 0 Å². The maximum Gasteiger partial charge on any atom is 0.124 e. The van der Waals surface area contributed by atoms with Crippen LogP contribution in [0.2, 0.25) is 0 Å². The minimum Gasteiger partial charge on any atom is -0.468 e. The minimum atomic E-state index is 0.317. The zero-order valence-corrected chi connectivity index (χ0v) is 15.1. The largest absolute Gasteiger partial charge is 0.468 e. The molecule has 4 nitrogen and oxygen atoms in total. The molecule has 0 radical (unpaired) electrons. The summed E-state index contributed by atoms with van der Waals surface area (Å²) in [6, 6.07) is 6.51. The van der Waals surface area contributed by atoms with E-state index in [0.717, 1.165) is 42.6 Å². The van der Waals surface area contributed by atoms with Crippen molar-refractivity contribution in [3.8, 4) is 10.6 Å². The Labute approximate surface area is 150 Å². The molecule has 3 aromatic rings. The van der Waals surface area contributed by atoms with E-state index in [1.165, 1.54) is 18.4 Å². The Morgan fingerprint density at radius 1 is 1.25 bits per heavy atom. The fourth-order valence-electron chi connectivity index (χ4n) is 3.19. The van der Waals surface area contributed by atoms with Crippen molar-refractivity contribution < 1.29 is 4.42 Å². The molecule has 1 aliphatic rings. The zero-order chi connectivity index (χ0) is 16.2. The van der Waals surface area contributed by atoms with Gasteiger partial charge in [-0.05, 0) is 49.5 Å². The van der Waals surface area contributed by atoms with E-state index in [9.17, 15) is 0 Å². The molecule has 1 unspecified atom stereocenters. The highest BCUT2D eigenvalue weighted by atomic mass is 32.1. The maximum atomic E-state index is 5.67. The Bertz CT molecular complexity index is 730. The molecule has 1 N–H and O–H groups in total. The lowest BCUT2D eigenvalue weighted by Gasteiger charge is -2.26. The number of rotatable bonds is 7. The predicted molar refractivity (Wildman–Crippen MR) is 99.4 cm³/mol. The van der Waals surface area contributed by atoms with Gasteiger partial charge in [0.05, 0.1) is 18.0 Å². The number of hydrogen-bond acceptors (Lipinski definition) is 6. The molecule has 0 amide bonds. The number of hydrogen-bond donors (Lipinski definition) is 1. The predicted octanol–water partition coefficient (Wildman–Crippen LogP) is 4.39. The minimum absolute atomic E-state index is 0.317. The Balaban J connectivity index is 1.36. The first-order chi connectivity index (χ1) is 11.9. The molecular formula is C18H21N3OS2. The number of likely N-dealkylation sites (tertiary alicyclic amines) is 1. The van der Waals surface area contributed by atoms with E-state index in [0.29, 0.717) is 6.04 Å². The van der Waals surface area contributed by atoms with Crippen molar-refractivity contribution in [1.29, 1.82) is 0 Å². The molecule has 0 spiro atoms. The van der Waals surface area contributed by atoms with Crippen LogP contribution in [-0.4, -0.2) is 29.5 Å². The molecule has 4 rings (SSSR count). The van der Waals surface area contributed by atoms with Gasteiger partial charge < -0.3 is 9.73 Å². The molecule has 0 saturated carbocycles. The highest BCUT2D eigenvalue weighted by Crippen LogP contribution is 2.27. The van der Waals surface area contributed by atoms with Crippen molar-refractivity contribution in [2.45, 2.75) is 25.4 Å². The van der Waals surface area contributed by atoms with E-state index in [-0.39, 0.29) is 0 Å². The van der Waals surface area contributed by atoms with Crippen LogP contribution < -0.4 is 5.32 Å². The van der Waals surface area contributed by atoms with Crippen molar-refractivity contribution in [2.75, 3.05) is 19.6 Å². The summed E-state index contributed by atoms with van der Waals surface area (Å²) in [6.45, 7) is 4.00. The lowest BCUT2D eigenvalue weighted by Crippen LogP contribution is -2.33. The molecule has 1 aliphatic heterocycles. The van der Waals surface area contributed by atoms with Crippen molar-refractivity contribution in [1.82, 2.24) is 15.2 Å². The van der Waals surface area contributed by atoms with Gasteiger partial charge in [-0.1, -0.05) is 0 Å². The van der Waals surface area contributed by atoms with Gasteiger partial charge in [0.1, 0.15) is 10.8 Å². The molecule has 6 heteroatoms. The van der Waals surface area contributed by atoms with Crippen LogP contribution in [0.1, 0.15) is 30.3 Å². The number of nitrogens with one attached hydrogen (secondary N) is 1. The second kappa shape index (κ2) is 7.61. The third-order valence-corrected chi connectivity index (χ3v) is 6.04. The monoisotopic (exact) mass is 359 g/mol. The Hall–Kier alpha value is -1.47.